The van der Waals surface area contributed by atoms with E-state index in [4.69, 9.17) is 11.6 Å². The number of hydrogen-bond donors (Lipinski definition) is 1. The molecule has 2 aromatic rings. The standard InChI is InChI=1S/C15H18ClN3O.Cu/c1-11(12-2-3-12)15(20,8-19-10-17-9-18-19)13-4-6-14(16)7-5-13;/h4-7,9-12,20H,2-3,8H2,1H3;. The van der Waals surface area contributed by atoms with Crippen LogP contribution in [0.15, 0.2) is 36.9 Å². The van der Waals surface area contributed by atoms with Gasteiger partial charge in [0.05, 0.1) is 6.54 Å². The molecule has 0 aliphatic heterocycles. The molecule has 6 heteroatoms. The van der Waals surface area contributed by atoms with Crippen molar-refractivity contribution in [3.05, 3.63) is 47.5 Å². The van der Waals surface area contributed by atoms with Gasteiger partial charge in [0.25, 0.3) is 0 Å². The number of nitrogens with zero attached hydrogens (tertiary/aromatic N) is 3. The Balaban J connectivity index is 0.00000161. The number of aliphatic hydroxyl groups is 1. The van der Waals surface area contributed by atoms with Crippen molar-refractivity contribution in [3.63, 3.8) is 0 Å². The third kappa shape index (κ3) is 3.49. The van der Waals surface area contributed by atoms with Crippen LogP contribution in [0.5, 0.6) is 0 Å². The van der Waals surface area contributed by atoms with Gasteiger partial charge in [-0.2, -0.15) is 5.10 Å². The van der Waals surface area contributed by atoms with Crippen LogP contribution >= 0.6 is 11.6 Å². The third-order valence-electron chi connectivity index (χ3n) is 4.30. The van der Waals surface area contributed by atoms with E-state index in [-0.39, 0.29) is 23.0 Å². The van der Waals surface area contributed by atoms with Gasteiger partial charge in [-0.05, 0) is 42.4 Å². The number of benzene rings is 1. The maximum absolute atomic E-state index is 11.3. The van der Waals surface area contributed by atoms with Gasteiger partial charge in [0, 0.05) is 22.1 Å². The number of aromatic nitrogens is 3. The Morgan fingerprint density at radius 2 is 2.05 bits per heavy atom. The first-order valence-corrected chi connectivity index (χ1v) is 7.28. The van der Waals surface area contributed by atoms with E-state index in [1.165, 1.54) is 19.2 Å². The van der Waals surface area contributed by atoms with Crippen molar-refractivity contribution in [1.29, 1.82) is 0 Å². The molecule has 1 aliphatic carbocycles. The molecule has 1 radical (unpaired) electrons. The van der Waals surface area contributed by atoms with Crippen molar-refractivity contribution in [3.8, 4) is 0 Å². The van der Waals surface area contributed by atoms with Gasteiger partial charge in [-0.1, -0.05) is 30.7 Å². The average Bonchev–Trinajstić information content (AvgIpc) is 3.17. The molecule has 1 aromatic carbocycles. The molecule has 4 nitrogen and oxygen atoms in total. The maximum Gasteiger partial charge on any atom is 0.137 e. The fourth-order valence-corrected chi connectivity index (χ4v) is 2.91. The van der Waals surface area contributed by atoms with Gasteiger partial charge >= 0.3 is 0 Å². The summed E-state index contributed by atoms with van der Waals surface area (Å²) in [6.07, 6.45) is 5.51. The SMILES string of the molecule is CC(C1CC1)C(O)(Cn1cncn1)c1ccc(Cl)cc1.[Cu]. The van der Waals surface area contributed by atoms with E-state index in [9.17, 15) is 5.11 Å². The first kappa shape index (κ1) is 16.5. The van der Waals surface area contributed by atoms with E-state index in [0.717, 1.165) is 5.56 Å². The average molecular weight is 355 g/mol. The molecule has 2 unspecified atom stereocenters. The van der Waals surface area contributed by atoms with Crippen LogP contribution in [0.1, 0.15) is 25.3 Å². The van der Waals surface area contributed by atoms with Crippen molar-refractivity contribution in [1.82, 2.24) is 14.8 Å². The second-order valence-electron chi connectivity index (χ2n) is 5.65. The number of rotatable bonds is 5. The minimum absolute atomic E-state index is 0. The van der Waals surface area contributed by atoms with Gasteiger partial charge in [-0.15, -0.1) is 0 Å². The first-order chi connectivity index (χ1) is 9.59. The number of halogens is 1. The fraction of sp³-hybridized carbons (Fsp3) is 0.467. The molecule has 3 rings (SSSR count). The number of hydrogen-bond acceptors (Lipinski definition) is 3. The molecule has 0 bridgehead atoms. The maximum atomic E-state index is 11.3. The second-order valence-corrected chi connectivity index (χ2v) is 6.09. The van der Waals surface area contributed by atoms with Crippen molar-refractivity contribution in [2.75, 3.05) is 0 Å². The molecule has 1 aromatic heterocycles. The van der Waals surface area contributed by atoms with Crippen molar-refractivity contribution in [2.24, 2.45) is 11.8 Å². The summed E-state index contributed by atoms with van der Waals surface area (Å²) in [7, 11) is 0. The monoisotopic (exact) mass is 354 g/mol. The zero-order valence-electron chi connectivity index (χ0n) is 11.7. The third-order valence-corrected chi connectivity index (χ3v) is 4.55. The van der Waals surface area contributed by atoms with Gasteiger partial charge in [0.2, 0.25) is 0 Å². The van der Waals surface area contributed by atoms with Crippen LogP contribution in [0.4, 0.5) is 0 Å². The van der Waals surface area contributed by atoms with E-state index in [1.54, 1.807) is 11.0 Å². The van der Waals surface area contributed by atoms with Crippen LogP contribution in [0.25, 0.3) is 0 Å². The van der Waals surface area contributed by atoms with Gasteiger partial charge in [-0.25, -0.2) is 9.67 Å². The molecule has 1 saturated carbocycles. The van der Waals surface area contributed by atoms with E-state index in [0.29, 0.717) is 17.5 Å². The van der Waals surface area contributed by atoms with Crippen LogP contribution < -0.4 is 0 Å². The molecule has 0 spiro atoms. The van der Waals surface area contributed by atoms with Crippen LogP contribution in [-0.2, 0) is 29.2 Å². The molecular formula is C15H18ClCuN3O. The van der Waals surface area contributed by atoms with Crippen molar-refractivity contribution in [2.45, 2.75) is 31.9 Å². The molecule has 0 amide bonds. The normalized spacial score (nSPS) is 18.6. The summed E-state index contributed by atoms with van der Waals surface area (Å²) in [6, 6.07) is 7.45. The van der Waals surface area contributed by atoms with Crippen LogP contribution in [0.3, 0.4) is 0 Å². The predicted octanol–water partition coefficient (Wildman–Crippen LogP) is 2.86. The van der Waals surface area contributed by atoms with E-state index >= 15 is 0 Å². The van der Waals surface area contributed by atoms with E-state index in [1.807, 2.05) is 24.3 Å². The molecule has 2 atom stereocenters. The van der Waals surface area contributed by atoms with Gasteiger partial charge in [0.15, 0.2) is 0 Å². The van der Waals surface area contributed by atoms with E-state index < -0.39 is 5.60 Å². The summed E-state index contributed by atoms with van der Waals surface area (Å²) in [4.78, 5) is 3.95. The Morgan fingerprint density at radius 3 is 2.57 bits per heavy atom. The summed E-state index contributed by atoms with van der Waals surface area (Å²) in [5.41, 5.74) is -0.0591. The molecule has 117 valence electrons. The smallest absolute Gasteiger partial charge is 0.137 e. The summed E-state index contributed by atoms with van der Waals surface area (Å²) < 4.78 is 1.69. The zero-order valence-corrected chi connectivity index (χ0v) is 13.4. The molecule has 1 N–H and O–H groups in total. The van der Waals surface area contributed by atoms with E-state index in [2.05, 4.69) is 17.0 Å². The summed E-state index contributed by atoms with van der Waals surface area (Å²) in [6.45, 7) is 2.52. The Kier molecular flexibility index (Phi) is 5.10. The molecule has 0 saturated heterocycles. The Labute approximate surface area is 140 Å². The topological polar surface area (TPSA) is 50.9 Å². The van der Waals surface area contributed by atoms with Gasteiger partial charge in [-0.3, -0.25) is 0 Å². The van der Waals surface area contributed by atoms with Crippen LogP contribution in [-0.4, -0.2) is 19.9 Å². The van der Waals surface area contributed by atoms with Gasteiger partial charge in [0.1, 0.15) is 18.3 Å². The Morgan fingerprint density at radius 1 is 1.38 bits per heavy atom. The molecular weight excluding hydrogens is 337 g/mol. The second kappa shape index (κ2) is 6.49. The minimum Gasteiger partial charge on any atom is -0.383 e. The van der Waals surface area contributed by atoms with Crippen molar-refractivity contribution < 1.29 is 22.2 Å². The van der Waals surface area contributed by atoms with Crippen molar-refractivity contribution >= 4 is 11.6 Å². The Bertz CT molecular complexity index is 571. The Hall–Kier alpha value is -0.871. The zero-order chi connectivity index (χ0) is 14.2. The van der Waals surface area contributed by atoms with Gasteiger partial charge < -0.3 is 5.11 Å². The summed E-state index contributed by atoms with van der Waals surface area (Å²) in [5, 5.41) is 16.1. The summed E-state index contributed by atoms with van der Waals surface area (Å²) in [5.74, 6) is 0.757. The van der Waals surface area contributed by atoms with Crippen LogP contribution in [0.2, 0.25) is 5.02 Å². The molecule has 1 heterocycles. The molecule has 21 heavy (non-hydrogen) atoms. The summed E-state index contributed by atoms with van der Waals surface area (Å²) >= 11 is 5.95. The largest absolute Gasteiger partial charge is 0.383 e. The van der Waals surface area contributed by atoms with Crippen LogP contribution in [0, 0.1) is 11.8 Å². The fourth-order valence-electron chi connectivity index (χ4n) is 2.78. The first-order valence-electron chi connectivity index (χ1n) is 6.90. The molecule has 1 aliphatic rings. The predicted molar refractivity (Wildman–Crippen MR) is 77.3 cm³/mol. The quantitative estimate of drug-likeness (QED) is 0.839. The minimum atomic E-state index is -0.945. The molecule has 1 fully saturated rings.